The maximum Gasteiger partial charge on any atom is 0.254 e. The molecule has 0 saturated carbocycles. The molecule has 0 unspecified atom stereocenters. The normalized spacial score (nSPS) is 14.9. The highest BCUT2D eigenvalue weighted by atomic mass is 35.5. The molecule has 1 amide bonds. The molecule has 3 rings (SSSR count). The van der Waals surface area contributed by atoms with E-state index in [0.717, 1.165) is 13.1 Å². The van der Waals surface area contributed by atoms with Crippen LogP contribution in [0.4, 0.5) is 5.69 Å². The molecule has 23 heavy (non-hydrogen) atoms. The van der Waals surface area contributed by atoms with Crippen LogP contribution >= 0.6 is 23.2 Å². The molecule has 0 spiro atoms. The minimum Gasteiger partial charge on any atom is -0.368 e. The van der Waals surface area contributed by atoms with Crippen LogP contribution in [0.15, 0.2) is 42.5 Å². The van der Waals surface area contributed by atoms with Crippen LogP contribution < -0.4 is 4.90 Å². The molecule has 1 saturated heterocycles. The molecule has 5 heteroatoms. The third-order valence-electron chi connectivity index (χ3n) is 4.13. The van der Waals surface area contributed by atoms with Gasteiger partial charge in [-0.15, -0.1) is 0 Å². The minimum atomic E-state index is 0.00660. The van der Waals surface area contributed by atoms with Gasteiger partial charge in [0.1, 0.15) is 0 Å². The zero-order chi connectivity index (χ0) is 16.4. The van der Waals surface area contributed by atoms with E-state index in [9.17, 15) is 4.79 Å². The lowest BCUT2D eigenvalue weighted by molar-refractivity contribution is 0.0747. The molecule has 1 aliphatic rings. The van der Waals surface area contributed by atoms with Crippen molar-refractivity contribution in [3.05, 3.63) is 63.6 Å². The van der Waals surface area contributed by atoms with Crippen molar-refractivity contribution in [2.24, 2.45) is 0 Å². The third kappa shape index (κ3) is 3.62. The predicted molar refractivity (Wildman–Crippen MR) is 95.8 cm³/mol. The SMILES string of the molecule is Cc1ccc(N2CCN(C(=O)c3ccc(Cl)c(Cl)c3)CC2)cc1. The van der Waals surface area contributed by atoms with E-state index in [4.69, 9.17) is 23.2 Å². The number of benzene rings is 2. The van der Waals surface area contributed by atoms with Crippen LogP contribution in [-0.2, 0) is 0 Å². The van der Waals surface area contributed by atoms with E-state index in [-0.39, 0.29) is 5.91 Å². The maximum atomic E-state index is 12.6. The van der Waals surface area contributed by atoms with Gasteiger partial charge in [-0.3, -0.25) is 4.79 Å². The zero-order valence-corrected chi connectivity index (χ0v) is 14.4. The maximum absolute atomic E-state index is 12.6. The highest BCUT2D eigenvalue weighted by molar-refractivity contribution is 6.42. The monoisotopic (exact) mass is 348 g/mol. The van der Waals surface area contributed by atoms with Crippen LogP contribution in [0.2, 0.25) is 10.0 Å². The van der Waals surface area contributed by atoms with Gasteiger partial charge in [0.05, 0.1) is 10.0 Å². The molecule has 120 valence electrons. The molecule has 2 aromatic rings. The van der Waals surface area contributed by atoms with Gasteiger partial charge >= 0.3 is 0 Å². The first-order valence-electron chi connectivity index (χ1n) is 7.60. The van der Waals surface area contributed by atoms with Crippen LogP contribution in [0.3, 0.4) is 0 Å². The highest BCUT2D eigenvalue weighted by Gasteiger charge is 2.22. The Morgan fingerprint density at radius 3 is 2.17 bits per heavy atom. The molecule has 0 atom stereocenters. The van der Waals surface area contributed by atoms with E-state index in [2.05, 4.69) is 36.1 Å². The molecular weight excluding hydrogens is 331 g/mol. The number of carbonyl (C=O) groups is 1. The fourth-order valence-corrected chi connectivity index (χ4v) is 3.03. The Labute approximate surface area is 146 Å². The van der Waals surface area contributed by atoms with E-state index in [1.54, 1.807) is 18.2 Å². The summed E-state index contributed by atoms with van der Waals surface area (Å²) < 4.78 is 0. The van der Waals surface area contributed by atoms with Crippen LogP contribution in [-0.4, -0.2) is 37.0 Å². The van der Waals surface area contributed by atoms with Crippen molar-refractivity contribution in [3.63, 3.8) is 0 Å². The Hall–Kier alpha value is -1.71. The first kappa shape index (κ1) is 16.2. The molecule has 0 aromatic heterocycles. The molecule has 1 fully saturated rings. The Kier molecular flexibility index (Phi) is 4.79. The average molecular weight is 349 g/mol. The second-order valence-corrected chi connectivity index (χ2v) is 6.56. The predicted octanol–water partition coefficient (Wildman–Crippen LogP) is 4.26. The average Bonchev–Trinajstić information content (AvgIpc) is 2.57. The minimum absolute atomic E-state index is 0.00660. The summed E-state index contributed by atoms with van der Waals surface area (Å²) in [5.41, 5.74) is 3.04. The van der Waals surface area contributed by atoms with Gasteiger partial charge in [0.15, 0.2) is 0 Å². The number of hydrogen-bond donors (Lipinski definition) is 0. The number of halogens is 2. The molecule has 1 aliphatic heterocycles. The molecule has 0 bridgehead atoms. The van der Waals surface area contributed by atoms with Crippen LogP contribution in [0.5, 0.6) is 0 Å². The smallest absolute Gasteiger partial charge is 0.254 e. The second-order valence-electron chi connectivity index (χ2n) is 5.74. The number of aryl methyl sites for hydroxylation is 1. The van der Waals surface area contributed by atoms with Crippen LogP contribution in [0, 0.1) is 6.92 Å². The summed E-state index contributed by atoms with van der Waals surface area (Å²) in [5.74, 6) is 0.00660. The summed E-state index contributed by atoms with van der Waals surface area (Å²) in [6, 6.07) is 13.5. The largest absolute Gasteiger partial charge is 0.368 e. The second kappa shape index (κ2) is 6.81. The van der Waals surface area contributed by atoms with Crippen molar-refractivity contribution in [2.75, 3.05) is 31.1 Å². The summed E-state index contributed by atoms with van der Waals surface area (Å²) in [6.07, 6.45) is 0. The van der Waals surface area contributed by atoms with Gasteiger partial charge in [-0.1, -0.05) is 40.9 Å². The molecule has 1 heterocycles. The summed E-state index contributed by atoms with van der Waals surface area (Å²) in [4.78, 5) is 16.7. The van der Waals surface area contributed by atoms with E-state index >= 15 is 0 Å². The van der Waals surface area contributed by atoms with Crippen molar-refractivity contribution in [3.8, 4) is 0 Å². The van der Waals surface area contributed by atoms with Crippen molar-refractivity contribution in [1.29, 1.82) is 0 Å². The van der Waals surface area contributed by atoms with E-state index in [0.29, 0.717) is 28.7 Å². The lowest BCUT2D eigenvalue weighted by Crippen LogP contribution is -2.48. The van der Waals surface area contributed by atoms with Gasteiger partial charge < -0.3 is 9.80 Å². The van der Waals surface area contributed by atoms with E-state index in [1.165, 1.54) is 11.3 Å². The first-order chi connectivity index (χ1) is 11.0. The molecule has 2 aromatic carbocycles. The van der Waals surface area contributed by atoms with Gasteiger partial charge in [0.2, 0.25) is 0 Å². The topological polar surface area (TPSA) is 23.6 Å². The number of anilines is 1. The lowest BCUT2D eigenvalue weighted by atomic mass is 10.1. The Morgan fingerprint density at radius 1 is 0.913 bits per heavy atom. The van der Waals surface area contributed by atoms with Crippen molar-refractivity contribution in [2.45, 2.75) is 6.92 Å². The zero-order valence-electron chi connectivity index (χ0n) is 12.9. The molecule has 0 aliphatic carbocycles. The third-order valence-corrected chi connectivity index (χ3v) is 4.87. The summed E-state index contributed by atoms with van der Waals surface area (Å²) >= 11 is 11.9. The Morgan fingerprint density at radius 2 is 1.57 bits per heavy atom. The fourth-order valence-electron chi connectivity index (χ4n) is 2.74. The van der Waals surface area contributed by atoms with Crippen molar-refractivity contribution in [1.82, 2.24) is 4.90 Å². The Bertz CT molecular complexity index is 707. The number of nitrogens with zero attached hydrogens (tertiary/aromatic N) is 2. The van der Waals surface area contributed by atoms with Gasteiger partial charge in [0.25, 0.3) is 5.91 Å². The number of rotatable bonds is 2. The summed E-state index contributed by atoms with van der Waals surface area (Å²) in [6.45, 7) is 5.14. The number of piperazine rings is 1. The standard InChI is InChI=1S/C18H18Cl2N2O/c1-13-2-5-15(6-3-13)21-8-10-22(11-9-21)18(23)14-4-7-16(19)17(20)12-14/h2-7,12H,8-11H2,1H3. The van der Waals surface area contributed by atoms with Crippen LogP contribution in [0.1, 0.15) is 15.9 Å². The highest BCUT2D eigenvalue weighted by Crippen LogP contribution is 2.24. The van der Waals surface area contributed by atoms with Gasteiger partial charge in [-0.25, -0.2) is 0 Å². The number of carbonyl (C=O) groups excluding carboxylic acids is 1. The van der Waals surface area contributed by atoms with Gasteiger partial charge in [0, 0.05) is 37.4 Å². The van der Waals surface area contributed by atoms with Crippen LogP contribution in [0.25, 0.3) is 0 Å². The van der Waals surface area contributed by atoms with Gasteiger partial charge in [-0.05, 0) is 37.3 Å². The lowest BCUT2D eigenvalue weighted by Gasteiger charge is -2.36. The molecule has 0 N–H and O–H groups in total. The van der Waals surface area contributed by atoms with E-state index < -0.39 is 0 Å². The Balaban J connectivity index is 1.65. The quantitative estimate of drug-likeness (QED) is 0.809. The number of hydrogen-bond acceptors (Lipinski definition) is 2. The van der Waals surface area contributed by atoms with Gasteiger partial charge in [-0.2, -0.15) is 0 Å². The fraction of sp³-hybridized carbons (Fsp3) is 0.278. The summed E-state index contributed by atoms with van der Waals surface area (Å²) in [5, 5.41) is 0.878. The molecule has 3 nitrogen and oxygen atoms in total. The molecule has 0 radical (unpaired) electrons. The van der Waals surface area contributed by atoms with E-state index in [1.807, 2.05) is 4.90 Å². The molecular formula is C18H18Cl2N2O. The van der Waals surface area contributed by atoms with Crippen molar-refractivity contribution < 1.29 is 4.79 Å². The number of amides is 1. The summed E-state index contributed by atoms with van der Waals surface area (Å²) in [7, 11) is 0. The first-order valence-corrected chi connectivity index (χ1v) is 8.36. The van der Waals surface area contributed by atoms with Crippen molar-refractivity contribution >= 4 is 34.8 Å².